The van der Waals surface area contributed by atoms with E-state index < -0.39 is 0 Å². The number of likely N-dealkylation sites (tertiary alicyclic amines) is 1. The summed E-state index contributed by atoms with van der Waals surface area (Å²) in [6, 6.07) is 11.3. The van der Waals surface area contributed by atoms with E-state index in [1.165, 1.54) is 0 Å². The zero-order valence-corrected chi connectivity index (χ0v) is 16.4. The Hall–Kier alpha value is -3.35. The predicted molar refractivity (Wildman–Crippen MR) is 109 cm³/mol. The molecule has 4 rings (SSSR count). The molecular weight excluding hydrogens is 368 g/mol. The average molecular weight is 392 g/mol. The van der Waals surface area contributed by atoms with Crippen LogP contribution in [0.4, 0.5) is 5.82 Å². The minimum Gasteiger partial charge on any atom is -0.489 e. The number of ether oxygens (including phenoxy) is 1. The van der Waals surface area contributed by atoms with Gasteiger partial charge in [0.1, 0.15) is 23.4 Å². The van der Waals surface area contributed by atoms with Crippen LogP contribution < -0.4 is 9.64 Å². The summed E-state index contributed by atoms with van der Waals surface area (Å²) >= 11 is 0. The quantitative estimate of drug-likeness (QED) is 0.640. The van der Waals surface area contributed by atoms with Crippen molar-refractivity contribution >= 4 is 11.7 Å². The average Bonchev–Trinajstić information content (AvgIpc) is 3.28. The lowest BCUT2D eigenvalue weighted by molar-refractivity contribution is 0.0594. The number of nitrogens with zero attached hydrogens (tertiary/aromatic N) is 4. The monoisotopic (exact) mass is 392 g/mol. The van der Waals surface area contributed by atoms with Gasteiger partial charge in [0, 0.05) is 45.4 Å². The minimum absolute atomic E-state index is 0.0116. The Morgan fingerprint density at radius 3 is 2.72 bits per heavy atom. The molecule has 0 radical (unpaired) electrons. The number of pyridine rings is 2. The molecule has 7 heteroatoms. The van der Waals surface area contributed by atoms with Crippen LogP contribution in [-0.2, 0) is 6.54 Å². The molecule has 7 nitrogen and oxygen atoms in total. The van der Waals surface area contributed by atoms with Crippen LogP contribution in [0, 0.1) is 0 Å². The highest BCUT2D eigenvalue weighted by atomic mass is 16.5. The lowest BCUT2D eigenvalue weighted by atomic mass is 10.1. The normalized spacial score (nSPS) is 14.6. The number of carbonyl (C=O) groups excluding carboxylic acids is 1. The summed E-state index contributed by atoms with van der Waals surface area (Å²) in [5.41, 5.74) is 0.603. The fourth-order valence-electron chi connectivity index (χ4n) is 3.42. The van der Waals surface area contributed by atoms with Gasteiger partial charge in [0.25, 0.3) is 5.91 Å². The van der Waals surface area contributed by atoms with Gasteiger partial charge in [-0.1, -0.05) is 0 Å². The van der Waals surface area contributed by atoms with E-state index in [1.807, 2.05) is 53.2 Å². The minimum atomic E-state index is 0.0116. The summed E-state index contributed by atoms with van der Waals surface area (Å²) in [5.74, 6) is 2.45. The molecule has 0 spiro atoms. The van der Waals surface area contributed by atoms with Gasteiger partial charge in [0.05, 0.1) is 24.6 Å². The number of amides is 1. The van der Waals surface area contributed by atoms with Crippen LogP contribution >= 0.6 is 0 Å². The number of hydrogen-bond donors (Lipinski definition) is 0. The van der Waals surface area contributed by atoms with Gasteiger partial charge in [-0.25, -0.2) is 4.98 Å². The largest absolute Gasteiger partial charge is 0.489 e. The number of rotatable bonds is 6. The van der Waals surface area contributed by atoms with Crippen molar-refractivity contribution in [3.05, 3.63) is 72.6 Å². The third kappa shape index (κ3) is 4.74. The topological polar surface area (TPSA) is 71.7 Å². The third-order valence-electron chi connectivity index (χ3n) is 5.03. The van der Waals surface area contributed by atoms with Crippen molar-refractivity contribution in [2.45, 2.75) is 25.5 Å². The number of furan rings is 1. The lowest BCUT2D eigenvalue weighted by Crippen LogP contribution is -2.41. The van der Waals surface area contributed by atoms with E-state index in [2.05, 4.69) is 9.97 Å². The fourth-order valence-corrected chi connectivity index (χ4v) is 3.42. The molecular formula is C22H24N4O3. The van der Waals surface area contributed by atoms with Crippen molar-refractivity contribution < 1.29 is 13.9 Å². The maximum atomic E-state index is 12.8. The van der Waals surface area contributed by atoms with Gasteiger partial charge in [0.2, 0.25) is 0 Å². The van der Waals surface area contributed by atoms with E-state index in [0.717, 1.165) is 30.2 Å². The molecule has 1 aliphatic rings. The Morgan fingerprint density at radius 2 is 2.07 bits per heavy atom. The molecule has 29 heavy (non-hydrogen) atoms. The molecule has 1 aliphatic heterocycles. The van der Waals surface area contributed by atoms with Gasteiger partial charge in [-0.3, -0.25) is 9.78 Å². The maximum absolute atomic E-state index is 12.8. The van der Waals surface area contributed by atoms with Crippen molar-refractivity contribution in [1.82, 2.24) is 14.9 Å². The highest BCUT2D eigenvalue weighted by Gasteiger charge is 2.25. The maximum Gasteiger partial charge on any atom is 0.255 e. The van der Waals surface area contributed by atoms with Crippen molar-refractivity contribution in [1.29, 1.82) is 0 Å². The number of hydrogen-bond acceptors (Lipinski definition) is 6. The molecule has 0 aliphatic carbocycles. The fraction of sp³-hybridized carbons (Fsp3) is 0.318. The molecule has 0 aromatic carbocycles. The molecule has 3 aromatic heterocycles. The Balaban J connectivity index is 1.30. The summed E-state index contributed by atoms with van der Waals surface area (Å²) in [6.45, 7) is 1.96. The van der Waals surface area contributed by atoms with E-state index in [1.54, 1.807) is 24.9 Å². The van der Waals surface area contributed by atoms with Crippen molar-refractivity contribution in [2.24, 2.45) is 0 Å². The standard InChI is InChI=1S/C22H24N4O3/c1-25(16-20-5-3-13-28-20)21-7-6-17(14-24-21)22(27)26-11-8-18(9-12-26)29-19-4-2-10-23-15-19/h2-7,10,13-15,18H,8-9,11-12,16H2,1H3. The van der Waals surface area contributed by atoms with E-state index in [0.29, 0.717) is 25.2 Å². The highest BCUT2D eigenvalue weighted by molar-refractivity contribution is 5.94. The number of aromatic nitrogens is 2. The van der Waals surface area contributed by atoms with Gasteiger partial charge >= 0.3 is 0 Å². The van der Waals surface area contributed by atoms with Gasteiger partial charge in [0.15, 0.2) is 0 Å². The smallest absolute Gasteiger partial charge is 0.255 e. The van der Waals surface area contributed by atoms with Crippen LogP contribution in [0.15, 0.2) is 65.7 Å². The molecule has 150 valence electrons. The first-order chi connectivity index (χ1) is 14.2. The zero-order chi connectivity index (χ0) is 20.1. The van der Waals surface area contributed by atoms with Gasteiger partial charge in [-0.05, 0) is 36.4 Å². The van der Waals surface area contributed by atoms with Gasteiger partial charge < -0.3 is 19.0 Å². The predicted octanol–water partition coefficient (Wildman–Crippen LogP) is 3.39. The molecule has 1 amide bonds. The molecule has 1 fully saturated rings. The van der Waals surface area contributed by atoms with Crippen LogP contribution in [0.5, 0.6) is 5.75 Å². The van der Waals surface area contributed by atoms with Crippen LogP contribution in [0.1, 0.15) is 29.0 Å². The summed E-state index contributed by atoms with van der Waals surface area (Å²) in [4.78, 5) is 25.2. The van der Waals surface area contributed by atoms with Gasteiger partial charge in [-0.15, -0.1) is 0 Å². The second kappa shape index (κ2) is 8.77. The summed E-state index contributed by atoms with van der Waals surface area (Å²) in [6.07, 6.45) is 8.46. The Labute approximate surface area is 169 Å². The number of carbonyl (C=O) groups is 1. The highest BCUT2D eigenvalue weighted by Crippen LogP contribution is 2.20. The first-order valence-electron chi connectivity index (χ1n) is 9.74. The molecule has 0 atom stereocenters. The van der Waals surface area contributed by atoms with Crippen molar-refractivity contribution in [2.75, 3.05) is 25.0 Å². The van der Waals surface area contributed by atoms with Crippen molar-refractivity contribution in [3.63, 3.8) is 0 Å². The van der Waals surface area contributed by atoms with Crippen molar-refractivity contribution in [3.8, 4) is 5.75 Å². The third-order valence-corrected chi connectivity index (χ3v) is 5.03. The van der Waals surface area contributed by atoms with Gasteiger partial charge in [-0.2, -0.15) is 0 Å². The Morgan fingerprint density at radius 1 is 1.21 bits per heavy atom. The summed E-state index contributed by atoms with van der Waals surface area (Å²) in [5, 5.41) is 0. The van der Waals surface area contributed by atoms with E-state index in [4.69, 9.17) is 9.15 Å². The Kier molecular flexibility index (Phi) is 5.74. The van der Waals surface area contributed by atoms with Crippen LogP contribution in [0.3, 0.4) is 0 Å². The lowest BCUT2D eigenvalue weighted by Gasteiger charge is -2.32. The SMILES string of the molecule is CN(Cc1ccco1)c1ccc(C(=O)N2CCC(Oc3cccnc3)CC2)cn1. The zero-order valence-electron chi connectivity index (χ0n) is 16.4. The summed E-state index contributed by atoms with van der Waals surface area (Å²) in [7, 11) is 1.94. The molecule has 1 saturated heterocycles. The second-order valence-corrected chi connectivity index (χ2v) is 7.14. The number of anilines is 1. The molecule has 4 heterocycles. The molecule has 0 saturated carbocycles. The molecule has 0 bridgehead atoms. The van der Waals surface area contributed by atoms with E-state index >= 15 is 0 Å². The molecule has 0 unspecified atom stereocenters. The molecule has 3 aromatic rings. The van der Waals surface area contributed by atoms with Crippen LogP contribution in [0.2, 0.25) is 0 Å². The number of piperidine rings is 1. The Bertz CT molecular complexity index is 905. The summed E-state index contributed by atoms with van der Waals surface area (Å²) < 4.78 is 11.3. The van der Waals surface area contributed by atoms with E-state index in [-0.39, 0.29) is 12.0 Å². The van der Waals surface area contributed by atoms with Crippen LogP contribution in [0.25, 0.3) is 0 Å². The van der Waals surface area contributed by atoms with Crippen LogP contribution in [-0.4, -0.2) is 47.0 Å². The first kappa shape index (κ1) is 19.0. The van der Waals surface area contributed by atoms with E-state index in [9.17, 15) is 4.79 Å². The molecule has 0 N–H and O–H groups in total. The first-order valence-corrected chi connectivity index (χ1v) is 9.74. The second-order valence-electron chi connectivity index (χ2n) is 7.14.